The number of aromatic amines is 1. The number of hydrogen-bond acceptors (Lipinski definition) is 9. The molecule has 16 heteroatoms. The van der Waals surface area contributed by atoms with E-state index >= 15 is 0 Å². The van der Waals surface area contributed by atoms with Crippen LogP contribution in [0, 0.1) is 0 Å². The molecule has 1 saturated heterocycles. The van der Waals surface area contributed by atoms with E-state index in [0.29, 0.717) is 0 Å². The largest absolute Gasteiger partial charge is 0.390 e. The molecule has 0 aliphatic carbocycles. The maximum atomic E-state index is 11.8. The van der Waals surface area contributed by atoms with Gasteiger partial charge in [0.25, 0.3) is 5.56 Å². The Morgan fingerprint density at radius 1 is 1.41 bits per heavy atom. The van der Waals surface area contributed by atoms with Crippen LogP contribution in [0.25, 0.3) is 11.2 Å². The van der Waals surface area contributed by atoms with Crippen molar-refractivity contribution < 1.29 is 38.2 Å². The Labute approximate surface area is 150 Å². The summed E-state index contributed by atoms with van der Waals surface area (Å²) in [7, 11) is -9.33. The average Bonchev–Trinajstić information content (AvgIpc) is 3.06. The van der Waals surface area contributed by atoms with Crippen molar-refractivity contribution in [3.8, 4) is 0 Å². The fourth-order valence-electron chi connectivity index (χ4n) is 2.65. The van der Waals surface area contributed by atoms with Crippen LogP contribution in [0.4, 0.5) is 5.95 Å². The molecule has 1 aliphatic rings. The summed E-state index contributed by atoms with van der Waals surface area (Å²) >= 11 is 0. The Balaban J connectivity index is 1.73. The van der Waals surface area contributed by atoms with E-state index in [9.17, 15) is 23.9 Å². The highest BCUT2D eigenvalue weighted by Crippen LogP contribution is 2.55. The van der Waals surface area contributed by atoms with E-state index in [2.05, 4.69) is 19.5 Å². The molecule has 0 aromatic carbocycles. The van der Waals surface area contributed by atoms with Gasteiger partial charge < -0.3 is 34.8 Å². The monoisotopic (exact) mass is 425 g/mol. The van der Waals surface area contributed by atoms with Crippen LogP contribution in [0.2, 0.25) is 0 Å². The normalized spacial score (nSPS) is 25.7. The second-order valence-electron chi connectivity index (χ2n) is 5.95. The molecule has 0 radical (unpaired) electrons. The maximum Gasteiger partial charge on any atom is 0.340 e. The summed E-state index contributed by atoms with van der Waals surface area (Å²) in [4.78, 5) is 49.0. The number of imidazole rings is 1. The first-order chi connectivity index (χ1) is 12.5. The van der Waals surface area contributed by atoms with E-state index in [1.54, 1.807) is 0 Å². The number of aliphatic hydroxyl groups is 1. The number of H-pyrrole nitrogens is 1. The predicted octanol–water partition coefficient (Wildman–Crippen LogP) is -1.31. The summed E-state index contributed by atoms with van der Waals surface area (Å²) in [5, 5.41) is 10.1. The average molecular weight is 425 g/mol. The summed E-state index contributed by atoms with van der Waals surface area (Å²) in [5.41, 5.74) is 5.11. The van der Waals surface area contributed by atoms with Gasteiger partial charge >= 0.3 is 15.2 Å². The molecule has 2 aromatic rings. The van der Waals surface area contributed by atoms with Crippen molar-refractivity contribution >= 4 is 32.3 Å². The summed E-state index contributed by atoms with van der Waals surface area (Å²) < 4.78 is 34.1. The summed E-state index contributed by atoms with van der Waals surface area (Å²) in [6.07, 6.45) is -1.67. The Hall–Kier alpha value is -1.63. The molecular weight excluding hydrogens is 408 g/mol. The van der Waals surface area contributed by atoms with Gasteiger partial charge in [-0.2, -0.15) is 4.98 Å². The highest BCUT2D eigenvalue weighted by Gasteiger charge is 2.39. The number of rotatable bonds is 6. The number of aliphatic hydroxyl groups excluding tert-OH is 1. The van der Waals surface area contributed by atoms with Crippen LogP contribution in [0.15, 0.2) is 11.1 Å². The molecular formula is C11H17N5O9P2. The smallest absolute Gasteiger partial charge is 0.340 e. The minimum atomic E-state index is -4.76. The molecule has 0 amide bonds. The van der Waals surface area contributed by atoms with Gasteiger partial charge in [-0.05, 0) is 0 Å². The molecule has 4 atom stereocenters. The number of nitrogen functional groups attached to an aromatic ring is 1. The fourth-order valence-corrected chi connectivity index (χ4v) is 5.22. The number of nitrogens with zero attached hydrogens (tertiary/aromatic N) is 3. The molecule has 1 fully saturated rings. The van der Waals surface area contributed by atoms with Crippen LogP contribution in [0.3, 0.4) is 0 Å². The zero-order valence-electron chi connectivity index (χ0n) is 13.6. The Bertz CT molecular complexity index is 1000. The van der Waals surface area contributed by atoms with E-state index in [-0.39, 0.29) is 23.5 Å². The molecule has 7 N–H and O–H groups in total. The van der Waals surface area contributed by atoms with Crippen molar-refractivity contribution in [3.63, 3.8) is 0 Å². The van der Waals surface area contributed by atoms with E-state index in [4.69, 9.17) is 20.3 Å². The van der Waals surface area contributed by atoms with Gasteiger partial charge in [0.2, 0.25) is 5.95 Å². The van der Waals surface area contributed by atoms with Gasteiger partial charge in [0.1, 0.15) is 12.3 Å². The van der Waals surface area contributed by atoms with Crippen LogP contribution in [-0.4, -0.2) is 64.0 Å². The minimum absolute atomic E-state index is 0.0171. The number of nitrogens with two attached hydrogens (primary N) is 1. The zero-order valence-corrected chi connectivity index (χ0v) is 15.4. The number of nitrogens with one attached hydrogen (secondary N) is 1. The van der Waals surface area contributed by atoms with Crippen LogP contribution >= 0.6 is 15.2 Å². The molecule has 2 aromatic heterocycles. The minimum Gasteiger partial charge on any atom is -0.390 e. The highest BCUT2D eigenvalue weighted by atomic mass is 31.2. The number of aromatic nitrogens is 4. The number of ether oxygens (including phenoxy) is 1. The Morgan fingerprint density at radius 2 is 2.11 bits per heavy atom. The lowest BCUT2D eigenvalue weighted by Crippen LogP contribution is -2.26. The molecule has 1 unspecified atom stereocenters. The fraction of sp³-hybridized carbons (Fsp3) is 0.545. The number of fused-ring (bicyclic) bond motifs is 1. The van der Waals surface area contributed by atoms with Gasteiger partial charge in [-0.3, -0.25) is 23.5 Å². The van der Waals surface area contributed by atoms with Crippen molar-refractivity contribution in [3.05, 3.63) is 16.7 Å². The van der Waals surface area contributed by atoms with Crippen molar-refractivity contribution in [2.75, 3.05) is 18.2 Å². The van der Waals surface area contributed by atoms with Crippen LogP contribution in [-0.2, 0) is 18.4 Å². The first kappa shape index (κ1) is 20.1. The first-order valence-electron chi connectivity index (χ1n) is 7.52. The summed E-state index contributed by atoms with van der Waals surface area (Å²) in [5.74, 6) is -1.48. The SMILES string of the molecule is Nc1nc2c(ncn2[C@H]2C[C@H](O)[C@@H](COP(=O)(O)CP(=O)(O)O)O2)c(=O)[nH]1. The van der Waals surface area contributed by atoms with Crippen molar-refractivity contribution in [1.29, 1.82) is 0 Å². The second-order valence-corrected chi connectivity index (χ2v) is 9.94. The molecule has 3 heterocycles. The van der Waals surface area contributed by atoms with Crippen molar-refractivity contribution in [2.45, 2.75) is 24.9 Å². The quantitative estimate of drug-likeness (QED) is 0.297. The van der Waals surface area contributed by atoms with E-state index < -0.39 is 51.7 Å². The lowest BCUT2D eigenvalue weighted by atomic mass is 10.2. The standard InChI is InChI=1S/C11H17N5O9P2/c12-11-14-9-8(10(18)15-11)13-3-16(9)7-1-5(17)6(25-7)2-24-27(22,23)4-26(19,20)21/h3,5-7,17H,1-2,4H2,(H,22,23)(H2,19,20,21)(H3,12,14,15,18)/t5-,6+,7+/m0/s1. The third kappa shape index (κ3) is 4.62. The van der Waals surface area contributed by atoms with Gasteiger partial charge in [-0.15, -0.1) is 0 Å². The van der Waals surface area contributed by atoms with E-state index in [1.807, 2.05) is 0 Å². The number of hydrogen-bond donors (Lipinski definition) is 6. The molecule has 27 heavy (non-hydrogen) atoms. The number of anilines is 1. The first-order valence-corrected chi connectivity index (χ1v) is 11.1. The van der Waals surface area contributed by atoms with Gasteiger partial charge in [0, 0.05) is 6.42 Å². The molecule has 0 saturated carbocycles. The van der Waals surface area contributed by atoms with E-state index in [0.717, 1.165) is 0 Å². The Kier molecular flexibility index (Phi) is 5.27. The predicted molar refractivity (Wildman–Crippen MR) is 89.8 cm³/mol. The third-order valence-electron chi connectivity index (χ3n) is 3.77. The molecule has 0 bridgehead atoms. The molecule has 150 valence electrons. The molecule has 1 aliphatic heterocycles. The van der Waals surface area contributed by atoms with Crippen LogP contribution in [0.1, 0.15) is 12.6 Å². The summed E-state index contributed by atoms with van der Waals surface area (Å²) in [6.45, 7) is -0.575. The van der Waals surface area contributed by atoms with Crippen molar-refractivity contribution in [1.82, 2.24) is 19.5 Å². The highest BCUT2D eigenvalue weighted by molar-refractivity contribution is 7.70. The van der Waals surface area contributed by atoms with Gasteiger partial charge in [-0.25, -0.2) is 4.98 Å². The second kappa shape index (κ2) is 7.08. The van der Waals surface area contributed by atoms with E-state index in [1.165, 1.54) is 10.9 Å². The maximum absolute atomic E-state index is 11.8. The molecule has 3 rings (SSSR count). The van der Waals surface area contributed by atoms with Gasteiger partial charge in [0.05, 0.1) is 19.0 Å². The van der Waals surface area contributed by atoms with Gasteiger partial charge in [-0.1, -0.05) is 0 Å². The van der Waals surface area contributed by atoms with Gasteiger partial charge in [0.15, 0.2) is 17.1 Å². The van der Waals surface area contributed by atoms with Crippen LogP contribution in [0.5, 0.6) is 0 Å². The van der Waals surface area contributed by atoms with Crippen molar-refractivity contribution in [2.24, 2.45) is 0 Å². The Morgan fingerprint density at radius 3 is 2.78 bits per heavy atom. The lowest BCUT2D eigenvalue weighted by Gasteiger charge is -2.18. The zero-order chi connectivity index (χ0) is 20.0. The molecule has 0 spiro atoms. The molecule has 14 nitrogen and oxygen atoms in total. The third-order valence-corrected chi connectivity index (χ3v) is 7.22. The van der Waals surface area contributed by atoms with Crippen LogP contribution < -0.4 is 11.3 Å². The lowest BCUT2D eigenvalue weighted by molar-refractivity contribution is -0.0395. The topological polar surface area (TPSA) is 223 Å². The summed E-state index contributed by atoms with van der Waals surface area (Å²) in [6, 6.07) is 0.